The number of rotatable bonds is 3. The van der Waals surface area contributed by atoms with Crippen molar-refractivity contribution in [3.63, 3.8) is 0 Å². The van der Waals surface area contributed by atoms with Crippen LogP contribution in [-0.4, -0.2) is 54.8 Å². The van der Waals surface area contributed by atoms with Crippen LogP contribution >= 0.6 is 0 Å². The van der Waals surface area contributed by atoms with Gasteiger partial charge in [-0.25, -0.2) is 0 Å². The lowest BCUT2D eigenvalue weighted by Gasteiger charge is -2.33. The minimum Gasteiger partial charge on any atom is -0.493 e. The van der Waals surface area contributed by atoms with E-state index in [1.165, 1.54) is 6.08 Å². The van der Waals surface area contributed by atoms with Crippen molar-refractivity contribution in [1.29, 1.82) is 0 Å². The number of carboxylic acids is 1. The number of benzene rings is 1. The second kappa shape index (κ2) is 6.19. The van der Waals surface area contributed by atoms with E-state index >= 15 is 0 Å². The number of nitrogens with zero attached hydrogens (tertiary/aromatic N) is 1. The zero-order valence-electron chi connectivity index (χ0n) is 13.9. The molecular formula is C19H21NO5. The Morgan fingerprint density at radius 2 is 2.20 bits per heavy atom. The maximum atomic E-state index is 12.5. The second-order valence-electron chi connectivity index (χ2n) is 7.00. The number of carbonyl (C=O) groups is 2. The Kier molecular flexibility index (Phi) is 4.00. The molecule has 2 atom stereocenters. The first kappa shape index (κ1) is 16.1. The summed E-state index contributed by atoms with van der Waals surface area (Å²) < 4.78 is 10.9. The molecule has 132 valence electrons. The summed E-state index contributed by atoms with van der Waals surface area (Å²) in [6.45, 7) is 2.25. The summed E-state index contributed by atoms with van der Waals surface area (Å²) in [6.07, 6.45) is 4.67. The number of amides is 1. The molecule has 1 amide bonds. The maximum absolute atomic E-state index is 12.5. The van der Waals surface area contributed by atoms with E-state index in [4.69, 9.17) is 9.47 Å². The summed E-state index contributed by atoms with van der Waals surface area (Å²) in [7, 11) is 0. The van der Waals surface area contributed by atoms with E-state index in [0.717, 1.165) is 23.3 Å². The minimum absolute atomic E-state index is 0.131. The molecule has 4 rings (SSSR count). The average molecular weight is 343 g/mol. The zero-order valence-corrected chi connectivity index (χ0v) is 13.9. The minimum atomic E-state index is -0.855. The lowest BCUT2D eigenvalue weighted by atomic mass is 9.74. The van der Waals surface area contributed by atoms with Crippen molar-refractivity contribution >= 4 is 18.0 Å². The Morgan fingerprint density at radius 1 is 1.32 bits per heavy atom. The van der Waals surface area contributed by atoms with Crippen molar-refractivity contribution in [3.8, 4) is 5.75 Å². The molecule has 2 saturated heterocycles. The van der Waals surface area contributed by atoms with E-state index in [9.17, 15) is 14.7 Å². The molecule has 0 aliphatic carbocycles. The topological polar surface area (TPSA) is 76.1 Å². The third-order valence-corrected chi connectivity index (χ3v) is 5.58. The Bertz CT molecular complexity index is 743. The van der Waals surface area contributed by atoms with Crippen molar-refractivity contribution in [2.45, 2.75) is 12.8 Å². The molecule has 0 bridgehead atoms. The molecule has 3 aliphatic heterocycles. The van der Waals surface area contributed by atoms with Crippen LogP contribution in [0.25, 0.3) is 6.08 Å². The summed E-state index contributed by atoms with van der Waals surface area (Å²) in [5, 5.41) is 9.67. The van der Waals surface area contributed by atoms with Gasteiger partial charge in [0.15, 0.2) is 0 Å². The Balaban J connectivity index is 1.47. The van der Waals surface area contributed by atoms with Gasteiger partial charge in [0.2, 0.25) is 5.91 Å². The number of carboxylic acid groups (broad SMARTS) is 1. The fourth-order valence-corrected chi connectivity index (χ4v) is 4.05. The van der Waals surface area contributed by atoms with Gasteiger partial charge in [0, 0.05) is 38.1 Å². The van der Waals surface area contributed by atoms with Crippen LogP contribution in [0.4, 0.5) is 0 Å². The van der Waals surface area contributed by atoms with Gasteiger partial charge in [0.25, 0.3) is 0 Å². The van der Waals surface area contributed by atoms with Gasteiger partial charge in [-0.1, -0.05) is 6.07 Å². The highest BCUT2D eigenvalue weighted by Crippen LogP contribution is 2.42. The van der Waals surface area contributed by atoms with Crippen LogP contribution in [0.3, 0.4) is 0 Å². The Hall–Kier alpha value is -2.34. The van der Waals surface area contributed by atoms with E-state index in [1.807, 2.05) is 18.2 Å². The van der Waals surface area contributed by atoms with Crippen molar-refractivity contribution in [3.05, 3.63) is 35.4 Å². The van der Waals surface area contributed by atoms with Crippen LogP contribution in [0.5, 0.6) is 5.75 Å². The molecular weight excluding hydrogens is 322 g/mol. The first-order chi connectivity index (χ1) is 12.1. The molecule has 3 aliphatic rings. The van der Waals surface area contributed by atoms with Crippen molar-refractivity contribution < 1.29 is 24.2 Å². The summed E-state index contributed by atoms with van der Waals surface area (Å²) in [5.41, 5.74) is 1.25. The highest BCUT2D eigenvalue weighted by molar-refractivity contribution is 5.93. The summed E-state index contributed by atoms with van der Waals surface area (Å²) >= 11 is 0. The number of aliphatic carboxylic acids is 1. The zero-order chi connectivity index (χ0) is 17.4. The predicted molar refractivity (Wildman–Crippen MR) is 90.2 cm³/mol. The average Bonchev–Trinajstić information content (AvgIpc) is 3.23. The van der Waals surface area contributed by atoms with Gasteiger partial charge in [-0.15, -0.1) is 0 Å². The van der Waals surface area contributed by atoms with E-state index in [-0.39, 0.29) is 18.4 Å². The molecule has 3 heterocycles. The van der Waals surface area contributed by atoms with E-state index in [2.05, 4.69) is 0 Å². The molecule has 1 aromatic rings. The molecule has 1 N–H and O–H groups in total. The van der Waals surface area contributed by atoms with Crippen molar-refractivity contribution in [1.82, 2.24) is 4.90 Å². The Morgan fingerprint density at radius 3 is 3.00 bits per heavy atom. The number of carbonyl (C=O) groups excluding carboxylic acids is 1. The first-order valence-electron chi connectivity index (χ1n) is 8.62. The van der Waals surface area contributed by atoms with Gasteiger partial charge in [0.1, 0.15) is 5.75 Å². The lowest BCUT2D eigenvalue weighted by molar-refractivity contribution is -0.157. The summed E-state index contributed by atoms with van der Waals surface area (Å²) in [6, 6.07) is 5.88. The number of likely N-dealkylation sites (tertiary alicyclic amines) is 1. The third kappa shape index (κ3) is 2.80. The number of fused-ring (bicyclic) bond motifs is 2. The van der Waals surface area contributed by atoms with Crippen molar-refractivity contribution in [2.24, 2.45) is 11.3 Å². The van der Waals surface area contributed by atoms with Crippen LogP contribution in [0, 0.1) is 11.3 Å². The predicted octanol–water partition coefficient (Wildman–Crippen LogP) is 1.58. The van der Waals surface area contributed by atoms with E-state index < -0.39 is 11.4 Å². The van der Waals surface area contributed by atoms with Gasteiger partial charge >= 0.3 is 5.97 Å². The molecule has 25 heavy (non-hydrogen) atoms. The van der Waals surface area contributed by atoms with Crippen LogP contribution in [-0.2, 0) is 20.7 Å². The molecule has 0 saturated carbocycles. The Labute approximate surface area is 146 Å². The quantitative estimate of drug-likeness (QED) is 0.844. The molecule has 1 aromatic carbocycles. The molecule has 0 spiro atoms. The number of hydrogen-bond acceptors (Lipinski definition) is 4. The van der Waals surface area contributed by atoms with Crippen LogP contribution in [0.15, 0.2) is 24.3 Å². The third-order valence-electron chi connectivity index (χ3n) is 5.58. The summed E-state index contributed by atoms with van der Waals surface area (Å²) in [5.74, 6) is -0.186. The maximum Gasteiger partial charge on any atom is 0.311 e. The lowest BCUT2D eigenvalue weighted by Crippen LogP contribution is -2.45. The molecule has 6 nitrogen and oxygen atoms in total. The van der Waals surface area contributed by atoms with Gasteiger partial charge < -0.3 is 19.5 Å². The van der Waals surface area contributed by atoms with Gasteiger partial charge in [-0.05, 0) is 35.8 Å². The monoisotopic (exact) mass is 343 g/mol. The molecule has 0 unspecified atom stereocenters. The van der Waals surface area contributed by atoms with E-state index in [0.29, 0.717) is 32.8 Å². The highest BCUT2D eigenvalue weighted by Gasteiger charge is 2.54. The number of hydrogen-bond donors (Lipinski definition) is 1. The fraction of sp³-hybridized carbons (Fsp3) is 0.474. The van der Waals surface area contributed by atoms with Crippen LogP contribution < -0.4 is 4.74 Å². The highest BCUT2D eigenvalue weighted by atomic mass is 16.5. The standard InChI is InChI=1S/C19H21NO5/c21-17(4-2-13-1-3-16-14(9-13)5-7-25-16)20-10-15-11-24-8-6-19(15,12-20)18(22)23/h1-4,9,15H,5-8,10-12H2,(H,22,23)/b4-2+/t15-,19+/m0/s1. The normalized spacial score (nSPS) is 27.8. The van der Waals surface area contributed by atoms with Gasteiger partial charge in [0.05, 0.1) is 18.6 Å². The molecule has 0 radical (unpaired) electrons. The first-order valence-corrected chi connectivity index (χ1v) is 8.62. The smallest absolute Gasteiger partial charge is 0.311 e. The number of ether oxygens (including phenoxy) is 2. The second-order valence-corrected chi connectivity index (χ2v) is 7.00. The fourth-order valence-electron chi connectivity index (χ4n) is 4.05. The van der Waals surface area contributed by atoms with Gasteiger partial charge in [-0.3, -0.25) is 9.59 Å². The van der Waals surface area contributed by atoms with E-state index in [1.54, 1.807) is 11.0 Å². The van der Waals surface area contributed by atoms with Crippen LogP contribution in [0.2, 0.25) is 0 Å². The SMILES string of the molecule is O=C(/C=C/c1ccc2c(c1)CCO2)N1C[C@H]2COCC[C@@]2(C(=O)O)C1. The van der Waals surface area contributed by atoms with Crippen LogP contribution in [0.1, 0.15) is 17.5 Å². The molecule has 6 heteroatoms. The summed E-state index contributed by atoms with van der Waals surface area (Å²) in [4.78, 5) is 26.0. The van der Waals surface area contributed by atoms with Crippen molar-refractivity contribution in [2.75, 3.05) is 32.9 Å². The van der Waals surface area contributed by atoms with Gasteiger partial charge in [-0.2, -0.15) is 0 Å². The molecule has 2 fully saturated rings. The largest absolute Gasteiger partial charge is 0.493 e. The molecule has 0 aromatic heterocycles.